The minimum Gasteiger partial charge on any atom is -0.508 e. The third-order valence-corrected chi connectivity index (χ3v) is 5.34. The van der Waals surface area contributed by atoms with Crippen molar-refractivity contribution in [2.24, 2.45) is 5.73 Å². The Morgan fingerprint density at radius 1 is 1.07 bits per heavy atom. The van der Waals surface area contributed by atoms with Crippen molar-refractivity contribution < 1.29 is 9.84 Å². The van der Waals surface area contributed by atoms with Crippen LogP contribution in [0.15, 0.2) is 66.6 Å². The first-order valence-electron chi connectivity index (χ1n) is 8.86. The van der Waals surface area contributed by atoms with E-state index in [1.165, 1.54) is 5.56 Å². The summed E-state index contributed by atoms with van der Waals surface area (Å²) < 4.78 is 6.04. The molecule has 1 atom stereocenters. The van der Waals surface area contributed by atoms with Crippen molar-refractivity contribution in [2.45, 2.75) is 12.3 Å². The Hall–Kier alpha value is -3.47. The number of hydrogen-bond donors (Lipinski definition) is 3. The minimum atomic E-state index is -0.528. The topological polar surface area (TPSA) is 80.4 Å². The monoisotopic (exact) mass is 357 g/mol. The molecule has 0 fully saturated rings. The maximum absolute atomic E-state index is 10.1. The molecule has 0 aliphatic carbocycles. The number of phenols is 1. The maximum Gasteiger partial charge on any atom is 0.223 e. The van der Waals surface area contributed by atoms with Crippen LogP contribution in [0.1, 0.15) is 16.7 Å². The summed E-state index contributed by atoms with van der Waals surface area (Å²) in [4.78, 5) is 4.60. The van der Waals surface area contributed by atoms with E-state index in [9.17, 15) is 5.11 Å². The summed E-state index contributed by atoms with van der Waals surface area (Å²) in [5, 5.41) is 13.3. The molecular weight excluding hydrogens is 338 g/mol. The number of hydrogen-bond acceptors (Lipinski definition) is 5. The van der Waals surface area contributed by atoms with Crippen LogP contribution < -0.4 is 15.8 Å². The highest BCUT2D eigenvalue weighted by Gasteiger charge is 2.44. The predicted octanol–water partition coefficient (Wildman–Crippen LogP) is 3.56. The van der Waals surface area contributed by atoms with Gasteiger partial charge in [-0.05, 0) is 42.8 Å². The molecule has 0 unspecified atom stereocenters. The van der Waals surface area contributed by atoms with Crippen molar-refractivity contribution in [3.05, 3.63) is 83.3 Å². The van der Waals surface area contributed by atoms with Crippen molar-refractivity contribution >= 4 is 0 Å². The van der Waals surface area contributed by atoms with Gasteiger partial charge in [-0.3, -0.25) is 0 Å². The van der Waals surface area contributed by atoms with Crippen LogP contribution in [-0.2, 0) is 5.41 Å². The zero-order valence-electron chi connectivity index (χ0n) is 14.9. The number of phenolic OH excluding ortho intramolecular Hbond substituents is 1. The van der Waals surface area contributed by atoms with E-state index in [-0.39, 0.29) is 5.75 Å². The van der Waals surface area contributed by atoms with E-state index in [4.69, 9.17) is 10.5 Å². The molecular formula is C22H19N3O2. The number of ether oxygens (including phenoxy) is 1. The molecule has 2 aliphatic rings. The number of pyridine rings is 1. The van der Waals surface area contributed by atoms with Crippen molar-refractivity contribution in [3.8, 4) is 28.5 Å². The molecule has 3 aromatic rings. The van der Waals surface area contributed by atoms with Crippen molar-refractivity contribution in [2.75, 3.05) is 6.54 Å². The first kappa shape index (κ1) is 15.8. The molecule has 1 spiro atoms. The Labute approximate surface area is 157 Å². The summed E-state index contributed by atoms with van der Waals surface area (Å²) in [6, 6.07) is 15.6. The number of fused-ring (bicyclic) bond motifs is 4. The minimum absolute atomic E-state index is 0.196. The van der Waals surface area contributed by atoms with E-state index < -0.39 is 5.41 Å². The van der Waals surface area contributed by atoms with Gasteiger partial charge in [-0.1, -0.05) is 29.8 Å². The maximum atomic E-state index is 10.1. The molecule has 5 nitrogen and oxygen atoms in total. The van der Waals surface area contributed by atoms with Gasteiger partial charge in [-0.2, -0.15) is 0 Å². The number of nitrogens with zero attached hydrogens (tertiary/aromatic N) is 1. The highest BCUT2D eigenvalue weighted by Crippen LogP contribution is 2.51. The van der Waals surface area contributed by atoms with Crippen LogP contribution in [0, 0.1) is 6.92 Å². The van der Waals surface area contributed by atoms with Crippen LogP contribution in [0.25, 0.3) is 11.1 Å². The van der Waals surface area contributed by atoms with E-state index in [0.29, 0.717) is 24.0 Å². The lowest BCUT2D eigenvalue weighted by molar-refractivity contribution is 0.403. The number of nitrogens with one attached hydrogen (secondary N) is 1. The lowest BCUT2D eigenvalue weighted by Gasteiger charge is -2.35. The standard InChI is InChI=1S/C22H19N3O2/c1-13-2-4-14(5-3-13)15-8-18-21(24-11-15)27-19-7-6-16(26)9-17(19)22(18)10-20(23)25-12-22/h2-11,25-26H,12,23H2,1H3/t22-/m0/s1. The van der Waals surface area contributed by atoms with Gasteiger partial charge in [0.2, 0.25) is 5.88 Å². The zero-order valence-corrected chi connectivity index (χ0v) is 14.9. The van der Waals surface area contributed by atoms with E-state index in [0.717, 1.165) is 22.3 Å². The molecule has 4 N–H and O–H groups in total. The van der Waals surface area contributed by atoms with Gasteiger partial charge in [0.25, 0.3) is 0 Å². The van der Waals surface area contributed by atoms with E-state index in [1.54, 1.807) is 18.2 Å². The van der Waals surface area contributed by atoms with Crippen LogP contribution >= 0.6 is 0 Å². The zero-order chi connectivity index (χ0) is 18.6. The molecule has 0 saturated carbocycles. The molecule has 2 aromatic carbocycles. The van der Waals surface area contributed by atoms with E-state index in [2.05, 4.69) is 47.6 Å². The van der Waals surface area contributed by atoms with Crippen LogP contribution in [0.3, 0.4) is 0 Å². The molecule has 3 heterocycles. The molecule has 0 bridgehead atoms. The highest BCUT2D eigenvalue weighted by atomic mass is 16.5. The second kappa shape index (κ2) is 5.51. The van der Waals surface area contributed by atoms with Gasteiger partial charge in [-0.15, -0.1) is 0 Å². The van der Waals surface area contributed by atoms with Gasteiger partial charge < -0.3 is 20.9 Å². The fraction of sp³-hybridized carbons (Fsp3) is 0.136. The van der Waals surface area contributed by atoms with Gasteiger partial charge >= 0.3 is 0 Å². The molecule has 5 heteroatoms. The summed E-state index contributed by atoms with van der Waals surface area (Å²) >= 11 is 0. The Morgan fingerprint density at radius 3 is 2.63 bits per heavy atom. The summed E-state index contributed by atoms with van der Waals surface area (Å²) in [7, 11) is 0. The second-order valence-electron chi connectivity index (χ2n) is 7.15. The molecule has 2 aliphatic heterocycles. The summed E-state index contributed by atoms with van der Waals surface area (Å²) in [5.41, 5.74) is 10.7. The SMILES string of the molecule is Cc1ccc(-c2cnc3c(c2)[C@]2(C=C(N)NC2)c2cc(O)ccc2O3)cc1. The Kier molecular flexibility index (Phi) is 3.22. The van der Waals surface area contributed by atoms with Gasteiger partial charge in [0.15, 0.2) is 0 Å². The largest absolute Gasteiger partial charge is 0.508 e. The Morgan fingerprint density at radius 2 is 1.89 bits per heavy atom. The number of aromatic hydroxyl groups is 1. The molecule has 0 amide bonds. The summed E-state index contributed by atoms with van der Waals surface area (Å²) in [5.74, 6) is 2.06. The molecule has 0 radical (unpaired) electrons. The first-order chi connectivity index (χ1) is 13.0. The highest BCUT2D eigenvalue weighted by molar-refractivity contribution is 5.69. The van der Waals surface area contributed by atoms with Crippen molar-refractivity contribution in [3.63, 3.8) is 0 Å². The quantitative estimate of drug-likeness (QED) is 0.620. The van der Waals surface area contributed by atoms with E-state index >= 15 is 0 Å². The van der Waals surface area contributed by atoms with Gasteiger partial charge in [0.1, 0.15) is 11.5 Å². The average molecular weight is 357 g/mol. The lowest BCUT2D eigenvalue weighted by Crippen LogP contribution is -2.34. The number of aromatic nitrogens is 1. The van der Waals surface area contributed by atoms with Crippen LogP contribution in [0.2, 0.25) is 0 Å². The van der Waals surface area contributed by atoms with E-state index in [1.807, 2.05) is 12.3 Å². The summed E-state index contributed by atoms with van der Waals surface area (Å²) in [6.45, 7) is 2.66. The van der Waals surface area contributed by atoms with Crippen molar-refractivity contribution in [1.29, 1.82) is 0 Å². The average Bonchev–Trinajstić information content (AvgIpc) is 3.06. The lowest BCUT2D eigenvalue weighted by atomic mass is 9.73. The molecule has 5 rings (SSSR count). The smallest absolute Gasteiger partial charge is 0.223 e. The summed E-state index contributed by atoms with van der Waals surface area (Å²) in [6.07, 6.45) is 3.82. The Bertz CT molecular complexity index is 1090. The normalized spacial score (nSPS) is 19.7. The molecule has 1 aromatic heterocycles. The third-order valence-electron chi connectivity index (χ3n) is 5.34. The molecule has 0 saturated heterocycles. The number of rotatable bonds is 1. The van der Waals surface area contributed by atoms with Crippen molar-refractivity contribution in [1.82, 2.24) is 10.3 Å². The molecule has 27 heavy (non-hydrogen) atoms. The third kappa shape index (κ3) is 2.35. The number of benzene rings is 2. The fourth-order valence-electron chi connectivity index (χ4n) is 3.92. The van der Waals surface area contributed by atoms with Gasteiger partial charge in [-0.25, -0.2) is 4.98 Å². The van der Waals surface area contributed by atoms with Crippen LogP contribution in [-0.4, -0.2) is 16.6 Å². The number of nitrogens with two attached hydrogens (primary N) is 1. The predicted molar refractivity (Wildman–Crippen MR) is 104 cm³/mol. The van der Waals surface area contributed by atoms with Gasteiger partial charge in [0, 0.05) is 29.4 Å². The first-order valence-corrected chi connectivity index (χ1v) is 8.86. The van der Waals surface area contributed by atoms with Crippen LogP contribution in [0.5, 0.6) is 17.4 Å². The number of aryl methyl sites for hydroxylation is 1. The molecule has 134 valence electrons. The fourth-order valence-corrected chi connectivity index (χ4v) is 3.92. The Balaban J connectivity index is 1.73. The second-order valence-corrected chi connectivity index (χ2v) is 7.15. The van der Waals surface area contributed by atoms with Crippen LogP contribution in [0.4, 0.5) is 0 Å². The van der Waals surface area contributed by atoms with Gasteiger partial charge in [0.05, 0.1) is 11.2 Å².